The molecule has 1 aliphatic rings. The molecule has 0 saturated heterocycles. The lowest BCUT2D eigenvalue weighted by Gasteiger charge is -1.99. The van der Waals surface area contributed by atoms with E-state index < -0.39 is 0 Å². The Morgan fingerprint density at radius 2 is 2.33 bits per heavy atom. The first-order chi connectivity index (χ1) is 7.38. The molecule has 0 spiro atoms. The summed E-state index contributed by atoms with van der Waals surface area (Å²) in [6.45, 7) is 3.33. The molecule has 0 radical (unpaired) electrons. The molecule has 1 fully saturated rings. The fourth-order valence-corrected chi connectivity index (χ4v) is 2.47. The first-order valence-electron chi connectivity index (χ1n) is 6.05. The van der Waals surface area contributed by atoms with Gasteiger partial charge in [0.25, 0.3) is 0 Å². The van der Waals surface area contributed by atoms with E-state index in [9.17, 15) is 0 Å². The summed E-state index contributed by atoms with van der Waals surface area (Å²) in [6, 6.07) is 0.822. The van der Waals surface area contributed by atoms with Crippen LogP contribution in [0.15, 0.2) is 5.38 Å². The number of hydrogen-bond donors (Lipinski definition) is 1. The van der Waals surface area contributed by atoms with Crippen molar-refractivity contribution in [3.05, 3.63) is 16.1 Å². The molecule has 0 amide bonds. The van der Waals surface area contributed by atoms with Crippen LogP contribution in [0.4, 0.5) is 0 Å². The third-order valence-electron chi connectivity index (χ3n) is 2.74. The third kappa shape index (κ3) is 3.92. The van der Waals surface area contributed by atoms with Gasteiger partial charge >= 0.3 is 0 Å². The van der Waals surface area contributed by atoms with Crippen LogP contribution in [0.2, 0.25) is 0 Å². The average Bonchev–Trinajstić information content (AvgIpc) is 2.95. The molecule has 0 aliphatic heterocycles. The van der Waals surface area contributed by atoms with Gasteiger partial charge in [-0.2, -0.15) is 0 Å². The van der Waals surface area contributed by atoms with Gasteiger partial charge in [0, 0.05) is 24.4 Å². The first-order valence-corrected chi connectivity index (χ1v) is 6.93. The largest absolute Gasteiger partial charge is 0.314 e. The molecule has 15 heavy (non-hydrogen) atoms. The minimum absolute atomic E-state index is 0.822. The lowest BCUT2D eigenvalue weighted by Crippen LogP contribution is -2.19. The van der Waals surface area contributed by atoms with Crippen molar-refractivity contribution in [3.63, 3.8) is 0 Å². The van der Waals surface area contributed by atoms with Gasteiger partial charge in [0.1, 0.15) is 0 Å². The number of nitrogens with zero attached hydrogens (tertiary/aromatic N) is 1. The molecule has 2 rings (SSSR count). The monoisotopic (exact) mass is 224 g/mol. The molecule has 1 aliphatic carbocycles. The van der Waals surface area contributed by atoms with E-state index in [1.807, 2.05) is 11.3 Å². The molecule has 84 valence electrons. The maximum Gasteiger partial charge on any atom is 0.0928 e. The Bertz CT molecular complexity index is 292. The van der Waals surface area contributed by atoms with Crippen LogP contribution in [0.25, 0.3) is 0 Å². The SMILES string of the molecule is CCCCc1nc(CCNC2CC2)cs1. The summed E-state index contributed by atoms with van der Waals surface area (Å²) >= 11 is 1.83. The van der Waals surface area contributed by atoms with Gasteiger partial charge in [-0.25, -0.2) is 4.98 Å². The maximum atomic E-state index is 4.64. The van der Waals surface area contributed by atoms with Crippen LogP contribution < -0.4 is 5.32 Å². The predicted molar refractivity (Wildman–Crippen MR) is 65.5 cm³/mol. The average molecular weight is 224 g/mol. The summed E-state index contributed by atoms with van der Waals surface area (Å²) in [7, 11) is 0. The highest BCUT2D eigenvalue weighted by atomic mass is 32.1. The highest BCUT2D eigenvalue weighted by Gasteiger charge is 2.19. The second kappa shape index (κ2) is 5.61. The Hall–Kier alpha value is -0.410. The third-order valence-corrected chi connectivity index (χ3v) is 3.69. The van der Waals surface area contributed by atoms with E-state index in [0.29, 0.717) is 0 Å². The van der Waals surface area contributed by atoms with Crippen LogP contribution >= 0.6 is 11.3 Å². The molecule has 0 unspecified atom stereocenters. The summed E-state index contributed by atoms with van der Waals surface area (Å²) < 4.78 is 0. The highest BCUT2D eigenvalue weighted by molar-refractivity contribution is 7.09. The molecule has 0 bridgehead atoms. The summed E-state index contributed by atoms with van der Waals surface area (Å²) in [5, 5.41) is 7.06. The Labute approximate surface area is 96.1 Å². The number of hydrogen-bond acceptors (Lipinski definition) is 3. The molecule has 1 saturated carbocycles. The van der Waals surface area contributed by atoms with Crippen molar-refractivity contribution in [2.45, 2.75) is 51.5 Å². The molecule has 1 aromatic rings. The molecule has 1 heterocycles. The zero-order chi connectivity index (χ0) is 10.5. The molecule has 2 nitrogen and oxygen atoms in total. The zero-order valence-electron chi connectivity index (χ0n) is 9.46. The number of aromatic nitrogens is 1. The summed E-state index contributed by atoms with van der Waals surface area (Å²) in [5.74, 6) is 0. The molecule has 3 heteroatoms. The minimum Gasteiger partial charge on any atom is -0.314 e. The van der Waals surface area contributed by atoms with Crippen LogP contribution in [-0.4, -0.2) is 17.6 Å². The second-order valence-electron chi connectivity index (χ2n) is 4.31. The zero-order valence-corrected chi connectivity index (χ0v) is 10.3. The van der Waals surface area contributed by atoms with Crippen LogP contribution in [-0.2, 0) is 12.8 Å². The quantitative estimate of drug-likeness (QED) is 0.770. The van der Waals surface area contributed by atoms with Gasteiger partial charge in [-0.05, 0) is 25.7 Å². The normalized spacial score (nSPS) is 15.8. The van der Waals surface area contributed by atoms with E-state index in [0.717, 1.165) is 25.4 Å². The maximum absolute atomic E-state index is 4.64. The van der Waals surface area contributed by atoms with E-state index in [1.165, 1.54) is 36.4 Å². The van der Waals surface area contributed by atoms with Crippen molar-refractivity contribution < 1.29 is 0 Å². The van der Waals surface area contributed by atoms with E-state index in [2.05, 4.69) is 22.6 Å². The fraction of sp³-hybridized carbons (Fsp3) is 0.750. The molecule has 0 atom stereocenters. The minimum atomic E-state index is 0.822. The summed E-state index contributed by atoms with van der Waals surface area (Å²) in [5.41, 5.74) is 1.28. The van der Waals surface area contributed by atoms with Crippen molar-refractivity contribution in [1.29, 1.82) is 0 Å². The lowest BCUT2D eigenvalue weighted by molar-refractivity contribution is 0.675. The standard InChI is InChI=1S/C12H20N2S/c1-2-3-4-12-14-11(9-15-12)7-8-13-10-5-6-10/h9-10,13H,2-8H2,1H3. The van der Waals surface area contributed by atoms with Gasteiger partial charge in [0.15, 0.2) is 0 Å². The van der Waals surface area contributed by atoms with Gasteiger partial charge in [-0.3, -0.25) is 0 Å². The van der Waals surface area contributed by atoms with Gasteiger partial charge in [0.2, 0.25) is 0 Å². The highest BCUT2D eigenvalue weighted by Crippen LogP contribution is 2.18. The van der Waals surface area contributed by atoms with Gasteiger partial charge in [-0.1, -0.05) is 13.3 Å². The summed E-state index contributed by atoms with van der Waals surface area (Å²) in [4.78, 5) is 4.64. The van der Waals surface area contributed by atoms with Crippen LogP contribution in [0.3, 0.4) is 0 Å². The van der Waals surface area contributed by atoms with Crippen LogP contribution in [0.1, 0.15) is 43.3 Å². The van der Waals surface area contributed by atoms with E-state index in [4.69, 9.17) is 0 Å². The Morgan fingerprint density at radius 3 is 3.07 bits per heavy atom. The Balaban J connectivity index is 1.68. The van der Waals surface area contributed by atoms with Crippen molar-refractivity contribution in [2.24, 2.45) is 0 Å². The number of unbranched alkanes of at least 4 members (excludes halogenated alkanes) is 1. The molecule has 0 aromatic carbocycles. The van der Waals surface area contributed by atoms with E-state index in [-0.39, 0.29) is 0 Å². The van der Waals surface area contributed by atoms with Crippen molar-refractivity contribution in [3.8, 4) is 0 Å². The summed E-state index contributed by atoms with van der Waals surface area (Å²) in [6.07, 6.45) is 7.54. The first kappa shape index (κ1) is 11.1. The number of rotatable bonds is 7. The molecular weight excluding hydrogens is 204 g/mol. The number of aryl methyl sites for hydroxylation is 1. The van der Waals surface area contributed by atoms with Gasteiger partial charge in [0.05, 0.1) is 10.7 Å². The van der Waals surface area contributed by atoms with Crippen molar-refractivity contribution in [1.82, 2.24) is 10.3 Å². The Kier molecular flexibility index (Phi) is 4.15. The van der Waals surface area contributed by atoms with Crippen molar-refractivity contribution in [2.75, 3.05) is 6.54 Å². The lowest BCUT2D eigenvalue weighted by atomic mass is 10.2. The molecule has 1 aromatic heterocycles. The molecular formula is C12H20N2S. The predicted octanol–water partition coefficient (Wildman–Crippen LogP) is 2.78. The molecule has 1 N–H and O–H groups in total. The van der Waals surface area contributed by atoms with Gasteiger partial charge < -0.3 is 5.32 Å². The second-order valence-corrected chi connectivity index (χ2v) is 5.26. The number of nitrogens with one attached hydrogen (secondary N) is 1. The van der Waals surface area contributed by atoms with Crippen LogP contribution in [0, 0.1) is 0 Å². The smallest absolute Gasteiger partial charge is 0.0928 e. The number of thiazole rings is 1. The van der Waals surface area contributed by atoms with Crippen molar-refractivity contribution >= 4 is 11.3 Å². The van der Waals surface area contributed by atoms with E-state index >= 15 is 0 Å². The fourth-order valence-electron chi connectivity index (χ4n) is 1.60. The van der Waals surface area contributed by atoms with Crippen LogP contribution in [0.5, 0.6) is 0 Å². The van der Waals surface area contributed by atoms with E-state index in [1.54, 1.807) is 0 Å². The topological polar surface area (TPSA) is 24.9 Å². The Morgan fingerprint density at radius 1 is 1.47 bits per heavy atom. The van der Waals surface area contributed by atoms with Gasteiger partial charge in [-0.15, -0.1) is 11.3 Å².